The van der Waals surface area contributed by atoms with Crippen molar-refractivity contribution in [3.63, 3.8) is 0 Å². The number of benzene rings is 1. The van der Waals surface area contributed by atoms with Gasteiger partial charge in [0.2, 0.25) is 5.95 Å². The van der Waals surface area contributed by atoms with Crippen LogP contribution in [0.25, 0.3) is 11.3 Å². The third-order valence-electron chi connectivity index (χ3n) is 4.59. The average Bonchev–Trinajstić information content (AvgIpc) is 3.16. The van der Waals surface area contributed by atoms with Gasteiger partial charge in [-0.3, -0.25) is 0 Å². The lowest BCUT2D eigenvalue weighted by Crippen LogP contribution is -2.22. The second-order valence-corrected chi connectivity index (χ2v) is 7.75. The molecule has 0 amide bonds. The molecule has 30 heavy (non-hydrogen) atoms. The van der Waals surface area contributed by atoms with Crippen molar-refractivity contribution in [2.24, 2.45) is 0 Å². The van der Waals surface area contributed by atoms with Crippen molar-refractivity contribution in [1.29, 1.82) is 0 Å². The first-order valence-electron chi connectivity index (χ1n) is 9.54. The fourth-order valence-electron chi connectivity index (χ4n) is 3.01. The van der Waals surface area contributed by atoms with Gasteiger partial charge in [-0.1, -0.05) is 19.8 Å². The number of halogens is 4. The SMILES string of the molecule is CCCCCN(C)c1ccc(Nc2nc(-c3ccc(F)nc3)cs2)cc1C(F)(F)F. The minimum absolute atomic E-state index is 0.154. The zero-order chi connectivity index (χ0) is 21.7. The predicted octanol–water partition coefficient (Wildman–Crippen LogP) is 6.73. The summed E-state index contributed by atoms with van der Waals surface area (Å²) >= 11 is 1.25. The van der Waals surface area contributed by atoms with E-state index in [1.165, 1.54) is 29.7 Å². The van der Waals surface area contributed by atoms with Crippen molar-refractivity contribution in [2.75, 3.05) is 23.8 Å². The Morgan fingerprint density at radius 1 is 1.13 bits per heavy atom. The van der Waals surface area contributed by atoms with Crippen LogP contribution in [0.2, 0.25) is 0 Å². The van der Waals surface area contributed by atoms with E-state index in [9.17, 15) is 17.6 Å². The summed E-state index contributed by atoms with van der Waals surface area (Å²) in [5.41, 5.74) is 0.956. The van der Waals surface area contributed by atoms with Crippen LogP contribution < -0.4 is 10.2 Å². The second-order valence-electron chi connectivity index (χ2n) is 6.89. The number of unbranched alkanes of at least 4 members (excludes halogenated alkanes) is 2. The maximum absolute atomic E-state index is 13.7. The van der Waals surface area contributed by atoms with Crippen molar-refractivity contribution < 1.29 is 17.6 Å². The van der Waals surface area contributed by atoms with Gasteiger partial charge in [0, 0.05) is 42.1 Å². The molecule has 4 nitrogen and oxygen atoms in total. The smallest absolute Gasteiger partial charge is 0.374 e. The highest BCUT2D eigenvalue weighted by Crippen LogP contribution is 2.39. The molecule has 0 radical (unpaired) electrons. The number of pyridine rings is 1. The van der Waals surface area contributed by atoms with Crippen LogP contribution in [0, 0.1) is 5.95 Å². The van der Waals surface area contributed by atoms with Gasteiger partial charge in [-0.15, -0.1) is 11.3 Å². The molecule has 3 aromatic rings. The summed E-state index contributed by atoms with van der Waals surface area (Å²) in [5.74, 6) is -0.591. The minimum atomic E-state index is -4.47. The largest absolute Gasteiger partial charge is 0.418 e. The van der Waals surface area contributed by atoms with Crippen LogP contribution in [0.15, 0.2) is 41.9 Å². The van der Waals surface area contributed by atoms with Gasteiger partial charge in [-0.05, 0) is 36.8 Å². The topological polar surface area (TPSA) is 41.0 Å². The van der Waals surface area contributed by atoms with Crippen molar-refractivity contribution in [3.8, 4) is 11.3 Å². The van der Waals surface area contributed by atoms with Crippen LogP contribution in [0.5, 0.6) is 0 Å². The first kappa shape index (κ1) is 22.0. The molecule has 0 aliphatic rings. The summed E-state index contributed by atoms with van der Waals surface area (Å²) in [6.07, 6.45) is -0.294. The number of nitrogens with zero attached hydrogens (tertiary/aromatic N) is 3. The molecule has 0 bridgehead atoms. The van der Waals surface area contributed by atoms with Crippen LogP contribution in [-0.4, -0.2) is 23.6 Å². The van der Waals surface area contributed by atoms with Gasteiger partial charge in [0.05, 0.1) is 11.3 Å². The Balaban J connectivity index is 1.80. The summed E-state index contributed by atoms with van der Waals surface area (Å²) in [4.78, 5) is 9.59. The molecule has 1 N–H and O–H groups in total. The molecule has 0 spiro atoms. The van der Waals surface area contributed by atoms with E-state index in [1.54, 1.807) is 29.5 Å². The zero-order valence-electron chi connectivity index (χ0n) is 16.6. The molecule has 0 unspecified atom stereocenters. The third kappa shape index (κ3) is 5.47. The minimum Gasteiger partial charge on any atom is -0.374 e. The number of anilines is 3. The summed E-state index contributed by atoms with van der Waals surface area (Å²) in [6.45, 7) is 2.61. The predicted molar refractivity (Wildman–Crippen MR) is 113 cm³/mol. The van der Waals surface area contributed by atoms with Gasteiger partial charge in [-0.25, -0.2) is 9.97 Å². The molecule has 0 atom stereocenters. The van der Waals surface area contributed by atoms with Crippen molar-refractivity contribution in [1.82, 2.24) is 9.97 Å². The fraction of sp³-hybridized carbons (Fsp3) is 0.333. The summed E-state index contributed by atoms with van der Waals surface area (Å²) < 4.78 is 54.0. The highest BCUT2D eigenvalue weighted by atomic mass is 32.1. The van der Waals surface area contributed by atoms with E-state index < -0.39 is 17.7 Å². The Labute approximate surface area is 176 Å². The molecule has 0 saturated carbocycles. The summed E-state index contributed by atoms with van der Waals surface area (Å²) in [5, 5.41) is 5.10. The summed E-state index contributed by atoms with van der Waals surface area (Å²) in [7, 11) is 1.68. The van der Waals surface area contributed by atoms with Crippen LogP contribution in [-0.2, 0) is 6.18 Å². The Bertz CT molecular complexity index is 970. The molecular formula is C21H22F4N4S. The van der Waals surface area contributed by atoms with Gasteiger partial charge >= 0.3 is 6.18 Å². The number of nitrogens with one attached hydrogen (secondary N) is 1. The normalized spacial score (nSPS) is 11.5. The average molecular weight is 438 g/mol. The lowest BCUT2D eigenvalue weighted by Gasteiger charge is -2.24. The number of thiazole rings is 1. The maximum atomic E-state index is 13.7. The molecular weight excluding hydrogens is 416 g/mol. The Hall–Kier alpha value is -2.68. The number of aromatic nitrogens is 2. The molecule has 2 aromatic heterocycles. The Kier molecular flexibility index (Phi) is 6.91. The van der Waals surface area contributed by atoms with Crippen LogP contribution >= 0.6 is 11.3 Å². The number of hydrogen-bond donors (Lipinski definition) is 1. The van der Waals surface area contributed by atoms with Gasteiger partial charge in [0.1, 0.15) is 0 Å². The van der Waals surface area contributed by atoms with Crippen molar-refractivity contribution in [3.05, 3.63) is 53.4 Å². The van der Waals surface area contributed by atoms with E-state index in [-0.39, 0.29) is 5.69 Å². The summed E-state index contributed by atoms with van der Waals surface area (Å²) in [6, 6.07) is 6.97. The molecule has 2 heterocycles. The van der Waals surface area contributed by atoms with Crippen LogP contribution in [0.4, 0.5) is 34.1 Å². The van der Waals surface area contributed by atoms with E-state index in [2.05, 4.69) is 22.2 Å². The lowest BCUT2D eigenvalue weighted by molar-refractivity contribution is -0.137. The molecule has 3 rings (SSSR count). The van der Waals surface area contributed by atoms with Crippen molar-refractivity contribution >= 4 is 27.8 Å². The molecule has 0 aliphatic carbocycles. The van der Waals surface area contributed by atoms with Crippen LogP contribution in [0.1, 0.15) is 31.7 Å². The number of alkyl halides is 3. The van der Waals surface area contributed by atoms with E-state index in [1.807, 2.05) is 0 Å². The lowest BCUT2D eigenvalue weighted by atomic mass is 10.1. The van der Waals surface area contributed by atoms with Gasteiger partial charge < -0.3 is 10.2 Å². The maximum Gasteiger partial charge on any atom is 0.418 e. The van der Waals surface area contributed by atoms with Crippen molar-refractivity contribution in [2.45, 2.75) is 32.4 Å². The first-order valence-corrected chi connectivity index (χ1v) is 10.4. The van der Waals surface area contributed by atoms with Gasteiger partial charge in [-0.2, -0.15) is 17.6 Å². The standard InChI is InChI=1S/C21H22F4N4S/c1-3-4-5-10-29(2)18-8-7-15(11-16(18)21(23,24)25)27-20-28-17(13-30-20)14-6-9-19(22)26-12-14/h6-9,11-13H,3-5,10H2,1-2H3,(H,27,28). The highest BCUT2D eigenvalue weighted by Gasteiger charge is 2.34. The second kappa shape index (κ2) is 9.42. The van der Waals surface area contributed by atoms with Crippen LogP contribution in [0.3, 0.4) is 0 Å². The molecule has 1 aromatic carbocycles. The Morgan fingerprint density at radius 2 is 1.93 bits per heavy atom. The van der Waals surface area contributed by atoms with E-state index >= 15 is 0 Å². The molecule has 0 fully saturated rings. The van der Waals surface area contributed by atoms with E-state index in [4.69, 9.17) is 0 Å². The van der Waals surface area contributed by atoms with Gasteiger partial charge in [0.15, 0.2) is 5.13 Å². The Morgan fingerprint density at radius 3 is 2.60 bits per heavy atom. The number of hydrogen-bond acceptors (Lipinski definition) is 5. The monoisotopic (exact) mass is 438 g/mol. The van der Waals surface area contributed by atoms with Gasteiger partial charge in [0.25, 0.3) is 0 Å². The quantitative estimate of drug-likeness (QED) is 0.240. The van der Waals surface area contributed by atoms with E-state index in [0.29, 0.717) is 28.6 Å². The van der Waals surface area contributed by atoms with E-state index in [0.717, 1.165) is 25.3 Å². The molecule has 9 heteroatoms. The third-order valence-corrected chi connectivity index (χ3v) is 5.35. The fourth-order valence-corrected chi connectivity index (χ4v) is 3.75. The molecule has 0 saturated heterocycles. The first-order chi connectivity index (χ1) is 14.3. The molecule has 160 valence electrons. The molecule has 0 aliphatic heterocycles. The zero-order valence-corrected chi connectivity index (χ0v) is 17.4. The highest BCUT2D eigenvalue weighted by molar-refractivity contribution is 7.14. The number of rotatable bonds is 8.